The van der Waals surface area contributed by atoms with Crippen molar-refractivity contribution < 1.29 is 4.79 Å². The standard InChI is InChI=1S/C17H22O/c1-3-13(4-2)11-17(18)12-14-8-9-15-6-5-7-16(15)10-14/h8-11H,3-7,12H2,1-2H3. The summed E-state index contributed by atoms with van der Waals surface area (Å²) < 4.78 is 0. The first-order chi connectivity index (χ1) is 8.72. The minimum absolute atomic E-state index is 0.242. The molecule has 1 aromatic rings. The molecule has 0 aliphatic heterocycles. The molecule has 2 rings (SSSR count). The molecule has 0 aromatic heterocycles. The van der Waals surface area contributed by atoms with Gasteiger partial charge in [0.2, 0.25) is 0 Å². The van der Waals surface area contributed by atoms with Crippen LogP contribution in [0.5, 0.6) is 0 Å². The second kappa shape index (κ2) is 5.99. The summed E-state index contributed by atoms with van der Waals surface area (Å²) in [6, 6.07) is 6.55. The third kappa shape index (κ3) is 3.10. The zero-order valence-corrected chi connectivity index (χ0v) is 11.5. The number of fused-ring (bicyclic) bond motifs is 1. The quantitative estimate of drug-likeness (QED) is 0.712. The number of ketones is 1. The summed E-state index contributed by atoms with van der Waals surface area (Å²) in [5, 5.41) is 0. The number of carbonyl (C=O) groups is 1. The molecule has 1 aliphatic carbocycles. The van der Waals surface area contributed by atoms with Crippen molar-refractivity contribution in [2.75, 3.05) is 0 Å². The van der Waals surface area contributed by atoms with E-state index in [1.54, 1.807) is 0 Å². The van der Waals surface area contributed by atoms with E-state index in [4.69, 9.17) is 0 Å². The van der Waals surface area contributed by atoms with E-state index >= 15 is 0 Å². The van der Waals surface area contributed by atoms with Crippen LogP contribution in [-0.2, 0) is 24.1 Å². The second-order valence-electron chi connectivity index (χ2n) is 5.11. The molecular weight excluding hydrogens is 220 g/mol. The van der Waals surface area contributed by atoms with Crippen molar-refractivity contribution in [3.63, 3.8) is 0 Å². The van der Waals surface area contributed by atoms with E-state index in [1.807, 2.05) is 6.08 Å². The summed E-state index contributed by atoms with van der Waals surface area (Å²) in [5.74, 6) is 0.242. The lowest BCUT2D eigenvalue weighted by Crippen LogP contribution is -2.01. The predicted octanol–water partition coefficient (Wildman–Crippen LogP) is 4.03. The number of carbonyl (C=O) groups excluding carboxylic acids is 1. The molecule has 0 N–H and O–H groups in total. The van der Waals surface area contributed by atoms with Crippen molar-refractivity contribution in [1.82, 2.24) is 0 Å². The van der Waals surface area contributed by atoms with Gasteiger partial charge in [0.25, 0.3) is 0 Å². The second-order valence-corrected chi connectivity index (χ2v) is 5.11. The summed E-state index contributed by atoms with van der Waals surface area (Å²) in [5.41, 5.74) is 5.35. The Balaban J connectivity index is 2.05. The third-order valence-corrected chi connectivity index (χ3v) is 3.81. The molecule has 0 amide bonds. The van der Waals surface area contributed by atoms with Gasteiger partial charge in [-0.1, -0.05) is 37.6 Å². The molecule has 96 valence electrons. The Bertz CT molecular complexity index is 462. The first kappa shape index (κ1) is 13.1. The molecule has 1 aromatic carbocycles. The minimum atomic E-state index is 0.242. The minimum Gasteiger partial charge on any atom is -0.294 e. The monoisotopic (exact) mass is 242 g/mol. The van der Waals surface area contributed by atoms with Gasteiger partial charge in [0.1, 0.15) is 0 Å². The van der Waals surface area contributed by atoms with Gasteiger partial charge in [-0.15, -0.1) is 0 Å². The van der Waals surface area contributed by atoms with Gasteiger partial charge in [-0.25, -0.2) is 0 Å². The van der Waals surface area contributed by atoms with E-state index in [2.05, 4.69) is 32.0 Å². The Labute approximate surface area is 110 Å². The number of rotatable bonds is 5. The molecule has 1 heteroatoms. The van der Waals surface area contributed by atoms with E-state index in [0.29, 0.717) is 6.42 Å². The van der Waals surface area contributed by atoms with Crippen LogP contribution in [0.1, 0.15) is 49.8 Å². The fourth-order valence-electron chi connectivity index (χ4n) is 2.67. The van der Waals surface area contributed by atoms with Gasteiger partial charge in [0.15, 0.2) is 5.78 Å². The molecule has 0 unspecified atom stereocenters. The van der Waals surface area contributed by atoms with Crippen LogP contribution in [0.4, 0.5) is 0 Å². The lowest BCUT2D eigenvalue weighted by molar-refractivity contribution is -0.114. The van der Waals surface area contributed by atoms with Gasteiger partial charge in [0.05, 0.1) is 0 Å². The van der Waals surface area contributed by atoms with Crippen LogP contribution in [-0.4, -0.2) is 5.78 Å². The summed E-state index contributed by atoms with van der Waals surface area (Å²) in [7, 11) is 0. The molecule has 0 spiro atoms. The zero-order valence-electron chi connectivity index (χ0n) is 11.5. The van der Waals surface area contributed by atoms with Crippen molar-refractivity contribution in [2.24, 2.45) is 0 Å². The van der Waals surface area contributed by atoms with Crippen molar-refractivity contribution in [3.05, 3.63) is 46.5 Å². The van der Waals surface area contributed by atoms with Crippen LogP contribution < -0.4 is 0 Å². The van der Waals surface area contributed by atoms with Crippen molar-refractivity contribution in [2.45, 2.75) is 52.4 Å². The van der Waals surface area contributed by atoms with Crippen LogP contribution in [0, 0.1) is 0 Å². The molecule has 0 saturated carbocycles. The van der Waals surface area contributed by atoms with Crippen LogP contribution in [0.15, 0.2) is 29.8 Å². The average molecular weight is 242 g/mol. The summed E-state index contributed by atoms with van der Waals surface area (Å²) in [4.78, 5) is 12.0. The number of aryl methyl sites for hydroxylation is 2. The maximum absolute atomic E-state index is 12.0. The zero-order chi connectivity index (χ0) is 13.0. The van der Waals surface area contributed by atoms with Crippen molar-refractivity contribution >= 4 is 5.78 Å². The molecule has 1 nitrogen and oxygen atoms in total. The Morgan fingerprint density at radius 1 is 1.17 bits per heavy atom. The summed E-state index contributed by atoms with van der Waals surface area (Å²) in [6.07, 6.45) is 8.01. The van der Waals surface area contributed by atoms with Gasteiger partial charge < -0.3 is 0 Å². The summed E-state index contributed by atoms with van der Waals surface area (Å²) >= 11 is 0. The lowest BCUT2D eigenvalue weighted by Gasteiger charge is -2.04. The van der Waals surface area contributed by atoms with E-state index in [1.165, 1.54) is 41.5 Å². The average Bonchev–Trinajstić information content (AvgIpc) is 2.83. The molecule has 0 atom stereocenters. The molecule has 1 aliphatic rings. The van der Waals surface area contributed by atoms with E-state index in [9.17, 15) is 4.79 Å². The topological polar surface area (TPSA) is 17.1 Å². The molecule has 0 radical (unpaired) electrons. The first-order valence-corrected chi connectivity index (χ1v) is 7.06. The highest BCUT2D eigenvalue weighted by Crippen LogP contribution is 2.23. The van der Waals surface area contributed by atoms with Crippen LogP contribution >= 0.6 is 0 Å². The van der Waals surface area contributed by atoms with E-state index in [0.717, 1.165) is 12.8 Å². The lowest BCUT2D eigenvalue weighted by atomic mass is 10.0. The molecule has 0 saturated heterocycles. The number of hydrogen-bond acceptors (Lipinski definition) is 1. The number of hydrogen-bond donors (Lipinski definition) is 0. The van der Waals surface area contributed by atoms with Gasteiger partial charge in [-0.2, -0.15) is 0 Å². The van der Waals surface area contributed by atoms with Crippen LogP contribution in [0.3, 0.4) is 0 Å². The van der Waals surface area contributed by atoms with Gasteiger partial charge in [-0.3, -0.25) is 4.79 Å². The first-order valence-electron chi connectivity index (χ1n) is 7.06. The maximum Gasteiger partial charge on any atom is 0.160 e. The highest BCUT2D eigenvalue weighted by atomic mass is 16.1. The van der Waals surface area contributed by atoms with Crippen molar-refractivity contribution in [1.29, 1.82) is 0 Å². The van der Waals surface area contributed by atoms with Crippen LogP contribution in [0.25, 0.3) is 0 Å². The van der Waals surface area contributed by atoms with E-state index < -0.39 is 0 Å². The molecule has 18 heavy (non-hydrogen) atoms. The Morgan fingerprint density at radius 3 is 2.61 bits per heavy atom. The van der Waals surface area contributed by atoms with Gasteiger partial charge in [-0.05, 0) is 54.9 Å². The largest absolute Gasteiger partial charge is 0.294 e. The Morgan fingerprint density at radius 2 is 1.89 bits per heavy atom. The SMILES string of the molecule is CCC(=CC(=O)Cc1ccc2c(c1)CCC2)CC. The molecule has 0 heterocycles. The number of allylic oxidation sites excluding steroid dienone is 2. The van der Waals surface area contributed by atoms with Crippen LogP contribution in [0.2, 0.25) is 0 Å². The Hall–Kier alpha value is -1.37. The maximum atomic E-state index is 12.0. The normalized spacial score (nSPS) is 13.2. The smallest absolute Gasteiger partial charge is 0.160 e. The van der Waals surface area contributed by atoms with E-state index in [-0.39, 0.29) is 5.78 Å². The Kier molecular flexibility index (Phi) is 4.35. The third-order valence-electron chi connectivity index (χ3n) is 3.81. The van der Waals surface area contributed by atoms with Gasteiger partial charge >= 0.3 is 0 Å². The number of benzene rings is 1. The highest BCUT2D eigenvalue weighted by molar-refractivity contribution is 5.92. The molecular formula is C17H22O. The van der Waals surface area contributed by atoms with Crippen molar-refractivity contribution in [3.8, 4) is 0 Å². The fraction of sp³-hybridized carbons (Fsp3) is 0.471. The van der Waals surface area contributed by atoms with Gasteiger partial charge in [0, 0.05) is 6.42 Å². The summed E-state index contributed by atoms with van der Waals surface area (Å²) in [6.45, 7) is 4.22. The molecule has 0 bridgehead atoms. The fourth-order valence-corrected chi connectivity index (χ4v) is 2.67. The molecule has 0 fully saturated rings. The highest BCUT2D eigenvalue weighted by Gasteiger charge is 2.11. The predicted molar refractivity (Wildman–Crippen MR) is 75.8 cm³/mol.